The molecule has 2 saturated heterocycles. The smallest absolute Gasteiger partial charge is 0.412 e. The Morgan fingerprint density at radius 1 is 0.833 bits per heavy atom. The SMILES string of the molecule is COC(=O)NC(C(=O)N1CCCC1c1ncc(-c2ccc3cc(-c4ccc(-c5cnc(C6COCN6C(=O)OC(C)(C)C)[nH]5)cc4)ccc3c2)[nH]1)C(C)C. The number of benzene rings is 3. The van der Waals surface area contributed by atoms with Crippen LogP contribution < -0.4 is 5.32 Å². The Morgan fingerprint density at radius 2 is 1.43 bits per heavy atom. The molecule has 0 radical (unpaired) electrons. The van der Waals surface area contributed by atoms with Gasteiger partial charge in [0.1, 0.15) is 36.1 Å². The summed E-state index contributed by atoms with van der Waals surface area (Å²) in [5.74, 6) is 1.15. The van der Waals surface area contributed by atoms with Crippen molar-refractivity contribution in [2.24, 2.45) is 5.92 Å². The number of likely N-dealkylation sites (tertiary alicyclic amines) is 1. The number of hydrogen-bond acceptors (Lipinski definition) is 8. The summed E-state index contributed by atoms with van der Waals surface area (Å²) in [6, 6.07) is 19.8. The second-order valence-corrected chi connectivity index (χ2v) is 15.2. The lowest BCUT2D eigenvalue weighted by atomic mass is 9.98. The average Bonchev–Trinajstić information content (AvgIpc) is 3.98. The molecule has 3 N–H and O–H groups in total. The zero-order valence-electron chi connectivity index (χ0n) is 31.5. The van der Waals surface area contributed by atoms with E-state index in [9.17, 15) is 14.4 Å². The standard InChI is InChI=1S/C41H47N7O6/c1-24(2)35(46-39(50)52-6)38(49)47-17-7-8-33(47)36-42-21-32(45-36)30-16-15-28-18-27(13-14-29(28)19-30)25-9-11-26(12-10-25)31-20-43-37(44-31)34-22-53-23-48(34)40(51)54-41(3,4)5/h9-16,18-21,24,33-35H,7-8,17,22-23H2,1-6H3,(H,42,45)(H,43,44)(H,46,50). The number of rotatable bonds is 8. The monoisotopic (exact) mass is 733 g/mol. The first-order valence-corrected chi connectivity index (χ1v) is 18.4. The van der Waals surface area contributed by atoms with Crippen molar-refractivity contribution in [1.29, 1.82) is 0 Å². The largest absolute Gasteiger partial charge is 0.453 e. The van der Waals surface area contributed by atoms with Crippen molar-refractivity contribution in [3.8, 4) is 33.6 Å². The molecule has 5 aromatic rings. The van der Waals surface area contributed by atoms with Crippen molar-refractivity contribution < 1.29 is 28.6 Å². The Bertz CT molecular complexity index is 2150. The number of aromatic nitrogens is 4. The molecule has 3 amide bonds. The van der Waals surface area contributed by atoms with E-state index in [0.717, 1.165) is 63.1 Å². The summed E-state index contributed by atoms with van der Waals surface area (Å²) in [6.45, 7) is 10.4. The molecule has 13 nitrogen and oxygen atoms in total. The fourth-order valence-electron chi connectivity index (χ4n) is 7.10. The van der Waals surface area contributed by atoms with Gasteiger partial charge in [-0.15, -0.1) is 0 Å². The summed E-state index contributed by atoms with van der Waals surface area (Å²) in [6.07, 6.45) is 4.20. The van der Waals surface area contributed by atoms with E-state index in [1.54, 1.807) is 11.1 Å². The van der Waals surface area contributed by atoms with Crippen molar-refractivity contribution in [3.05, 3.63) is 84.7 Å². The highest BCUT2D eigenvalue weighted by molar-refractivity contribution is 5.91. The van der Waals surface area contributed by atoms with Gasteiger partial charge in [-0.2, -0.15) is 0 Å². The minimum absolute atomic E-state index is 0.0998. The van der Waals surface area contributed by atoms with E-state index in [2.05, 4.69) is 80.9 Å². The third-order valence-corrected chi connectivity index (χ3v) is 9.94. The van der Waals surface area contributed by atoms with Crippen LogP contribution in [0.15, 0.2) is 73.1 Å². The minimum Gasteiger partial charge on any atom is -0.453 e. The number of amides is 3. The van der Waals surface area contributed by atoms with Gasteiger partial charge in [-0.25, -0.2) is 19.6 Å². The molecule has 4 heterocycles. The van der Waals surface area contributed by atoms with Gasteiger partial charge in [0.05, 0.1) is 43.5 Å². The van der Waals surface area contributed by atoms with Crippen molar-refractivity contribution in [2.75, 3.05) is 27.0 Å². The quantitative estimate of drug-likeness (QED) is 0.147. The zero-order valence-corrected chi connectivity index (χ0v) is 31.5. The number of methoxy groups -OCH3 is 1. The molecule has 3 atom stereocenters. The van der Waals surface area contributed by atoms with Gasteiger partial charge in [-0.1, -0.05) is 62.4 Å². The van der Waals surface area contributed by atoms with Crippen LogP contribution in [0.1, 0.15) is 71.2 Å². The zero-order chi connectivity index (χ0) is 38.1. The van der Waals surface area contributed by atoms with Crippen molar-refractivity contribution in [2.45, 2.75) is 71.2 Å². The average molecular weight is 734 g/mol. The van der Waals surface area contributed by atoms with E-state index in [1.807, 2.05) is 45.7 Å². The van der Waals surface area contributed by atoms with Gasteiger partial charge in [-0.05, 0) is 79.1 Å². The van der Waals surface area contributed by atoms with E-state index < -0.39 is 23.8 Å². The second kappa shape index (κ2) is 15.0. The van der Waals surface area contributed by atoms with Gasteiger partial charge >= 0.3 is 12.2 Å². The topological polar surface area (TPSA) is 155 Å². The van der Waals surface area contributed by atoms with Crippen LogP contribution in [-0.2, 0) is 19.0 Å². The summed E-state index contributed by atoms with van der Waals surface area (Å²) >= 11 is 0. The van der Waals surface area contributed by atoms with Crippen LogP contribution in [-0.4, -0.2) is 86.5 Å². The number of aromatic amines is 2. The molecule has 0 spiro atoms. The van der Waals surface area contributed by atoms with E-state index in [-0.39, 0.29) is 30.6 Å². The van der Waals surface area contributed by atoms with Crippen molar-refractivity contribution in [3.63, 3.8) is 0 Å². The molecule has 282 valence electrons. The first-order chi connectivity index (χ1) is 25.9. The summed E-state index contributed by atoms with van der Waals surface area (Å²) in [5.41, 5.74) is 5.28. The van der Waals surface area contributed by atoms with Crippen molar-refractivity contribution >= 4 is 28.9 Å². The summed E-state index contributed by atoms with van der Waals surface area (Å²) in [4.78, 5) is 57.8. The minimum atomic E-state index is -0.682. The van der Waals surface area contributed by atoms with Gasteiger partial charge in [0.2, 0.25) is 5.91 Å². The normalized spacial score (nSPS) is 18.0. The molecule has 2 aliphatic heterocycles. The van der Waals surface area contributed by atoms with E-state index in [0.29, 0.717) is 19.0 Å². The molecule has 0 saturated carbocycles. The number of imidazole rings is 2. The lowest BCUT2D eigenvalue weighted by molar-refractivity contribution is -0.135. The Balaban J connectivity index is 1.03. The van der Waals surface area contributed by atoms with Gasteiger partial charge in [0, 0.05) is 12.1 Å². The first-order valence-electron chi connectivity index (χ1n) is 18.4. The molecule has 3 unspecified atom stereocenters. The highest BCUT2D eigenvalue weighted by Crippen LogP contribution is 2.35. The number of hydrogen-bond donors (Lipinski definition) is 3. The summed E-state index contributed by atoms with van der Waals surface area (Å²) < 4.78 is 15.9. The van der Waals surface area contributed by atoms with Crippen LogP contribution in [0.2, 0.25) is 0 Å². The molecular weight excluding hydrogens is 686 g/mol. The lowest BCUT2D eigenvalue weighted by Gasteiger charge is -2.30. The number of fused-ring (bicyclic) bond motifs is 1. The van der Waals surface area contributed by atoms with Crippen LogP contribution >= 0.6 is 0 Å². The second-order valence-electron chi connectivity index (χ2n) is 15.2. The molecule has 7 rings (SSSR count). The molecule has 2 aromatic heterocycles. The molecule has 0 aliphatic carbocycles. The number of nitrogens with zero attached hydrogens (tertiary/aromatic N) is 4. The van der Waals surface area contributed by atoms with Gasteiger partial charge < -0.3 is 34.4 Å². The van der Waals surface area contributed by atoms with Crippen LogP contribution in [0.3, 0.4) is 0 Å². The molecule has 54 heavy (non-hydrogen) atoms. The number of alkyl carbamates (subject to hydrolysis) is 1. The molecule has 3 aromatic carbocycles. The first kappa shape index (κ1) is 36.7. The van der Waals surface area contributed by atoms with E-state index in [4.69, 9.17) is 19.2 Å². The molecular formula is C41H47N7O6. The molecule has 2 aliphatic rings. The van der Waals surface area contributed by atoms with Crippen LogP contribution in [0.25, 0.3) is 44.4 Å². The number of carbonyl (C=O) groups excluding carboxylic acids is 3. The molecule has 2 fully saturated rings. The maximum Gasteiger partial charge on any atom is 0.412 e. The highest BCUT2D eigenvalue weighted by atomic mass is 16.6. The third kappa shape index (κ3) is 7.67. The maximum absolute atomic E-state index is 13.6. The fraction of sp³-hybridized carbons (Fsp3) is 0.390. The summed E-state index contributed by atoms with van der Waals surface area (Å²) in [7, 11) is 1.29. The predicted octanol–water partition coefficient (Wildman–Crippen LogP) is 7.60. The molecule has 0 bridgehead atoms. The van der Waals surface area contributed by atoms with Crippen LogP contribution in [0.4, 0.5) is 9.59 Å². The lowest BCUT2D eigenvalue weighted by Crippen LogP contribution is -2.51. The number of carbonyl (C=O) groups is 3. The summed E-state index contributed by atoms with van der Waals surface area (Å²) in [5, 5.41) is 4.90. The Kier molecular flexibility index (Phi) is 10.2. The Morgan fingerprint density at radius 3 is 2.07 bits per heavy atom. The number of H-pyrrole nitrogens is 2. The highest BCUT2D eigenvalue weighted by Gasteiger charge is 2.38. The van der Waals surface area contributed by atoms with Gasteiger partial charge in [0.15, 0.2) is 0 Å². The Hall–Kier alpha value is -5.69. The third-order valence-electron chi connectivity index (χ3n) is 9.94. The fourth-order valence-corrected chi connectivity index (χ4v) is 7.10. The predicted molar refractivity (Wildman–Crippen MR) is 204 cm³/mol. The number of ether oxygens (including phenoxy) is 3. The Labute approximate surface area is 314 Å². The maximum atomic E-state index is 13.6. The van der Waals surface area contributed by atoms with Crippen LogP contribution in [0, 0.1) is 5.92 Å². The van der Waals surface area contributed by atoms with Crippen LogP contribution in [0.5, 0.6) is 0 Å². The van der Waals surface area contributed by atoms with Gasteiger partial charge in [0.25, 0.3) is 0 Å². The molecule has 13 heteroatoms. The van der Waals surface area contributed by atoms with Crippen molar-refractivity contribution in [1.82, 2.24) is 35.1 Å². The number of nitrogens with one attached hydrogen (secondary N) is 3. The van der Waals surface area contributed by atoms with Gasteiger partial charge in [-0.3, -0.25) is 9.69 Å². The van der Waals surface area contributed by atoms with E-state index >= 15 is 0 Å². The van der Waals surface area contributed by atoms with E-state index in [1.165, 1.54) is 7.11 Å².